The maximum Gasteiger partial charge on any atom is 0.407 e. The number of fused-ring (bicyclic) bond motifs is 1. The van der Waals surface area contributed by atoms with Gasteiger partial charge in [-0.1, -0.05) is 0 Å². The second-order valence-electron chi connectivity index (χ2n) is 7.70. The van der Waals surface area contributed by atoms with Crippen molar-refractivity contribution in [3.05, 3.63) is 29.8 Å². The second kappa shape index (κ2) is 8.64. The van der Waals surface area contributed by atoms with Crippen molar-refractivity contribution in [2.45, 2.75) is 44.0 Å². The molecular weight excluding hydrogens is 379 g/mol. The van der Waals surface area contributed by atoms with Gasteiger partial charge in [-0.3, -0.25) is 4.90 Å². The first-order valence-electron chi connectivity index (χ1n) is 10.1. The topological polar surface area (TPSA) is 99.7 Å². The van der Waals surface area contributed by atoms with Gasteiger partial charge in [-0.2, -0.15) is 0 Å². The average Bonchev–Trinajstić information content (AvgIpc) is 3.38. The number of halogens is 1. The number of amides is 1. The van der Waals surface area contributed by atoms with E-state index >= 15 is 0 Å². The summed E-state index contributed by atoms with van der Waals surface area (Å²) in [4.78, 5) is 21.7. The number of alkyl carbamates (subject to hydrolysis) is 1. The van der Waals surface area contributed by atoms with Gasteiger partial charge in [0.2, 0.25) is 0 Å². The number of hydrogen-bond acceptors (Lipinski definition) is 6. The van der Waals surface area contributed by atoms with E-state index < -0.39 is 18.4 Å². The van der Waals surface area contributed by atoms with E-state index in [0.29, 0.717) is 36.6 Å². The van der Waals surface area contributed by atoms with E-state index in [9.17, 15) is 14.3 Å². The number of benzene rings is 1. The molecule has 8 nitrogen and oxygen atoms in total. The van der Waals surface area contributed by atoms with Gasteiger partial charge in [-0.05, 0) is 49.8 Å². The van der Waals surface area contributed by atoms with Gasteiger partial charge in [-0.15, -0.1) is 0 Å². The summed E-state index contributed by atoms with van der Waals surface area (Å²) in [7, 11) is 1.31. The highest BCUT2D eigenvalue weighted by Gasteiger charge is 2.40. The van der Waals surface area contributed by atoms with Crippen LogP contribution in [0.4, 0.5) is 9.18 Å². The highest BCUT2D eigenvalue weighted by atomic mass is 19.1. The molecule has 3 unspecified atom stereocenters. The molecule has 2 saturated heterocycles. The number of ether oxygens (including phenoxy) is 2. The van der Waals surface area contributed by atoms with Gasteiger partial charge in [0, 0.05) is 19.8 Å². The third-order valence-corrected chi connectivity index (χ3v) is 5.98. The van der Waals surface area contributed by atoms with Crippen LogP contribution in [-0.2, 0) is 9.47 Å². The average molecular weight is 406 g/mol. The molecule has 2 aliphatic heterocycles. The van der Waals surface area contributed by atoms with Crippen LogP contribution in [0, 0.1) is 11.7 Å². The molecule has 2 aromatic rings. The van der Waals surface area contributed by atoms with Crippen molar-refractivity contribution in [1.82, 2.24) is 20.2 Å². The van der Waals surface area contributed by atoms with E-state index in [1.807, 2.05) is 4.90 Å². The Morgan fingerprint density at radius 3 is 2.97 bits per heavy atom. The number of carbonyl (C=O) groups excluding carboxylic acids is 1. The van der Waals surface area contributed by atoms with Crippen LogP contribution in [0.3, 0.4) is 0 Å². The van der Waals surface area contributed by atoms with E-state index in [0.717, 1.165) is 25.7 Å². The number of imidazole rings is 1. The van der Waals surface area contributed by atoms with Gasteiger partial charge in [-0.25, -0.2) is 14.2 Å². The molecule has 1 aromatic carbocycles. The number of aromatic nitrogens is 2. The minimum absolute atomic E-state index is 0.0869. The van der Waals surface area contributed by atoms with Crippen molar-refractivity contribution in [3.63, 3.8) is 0 Å². The Balaban J connectivity index is 1.58. The summed E-state index contributed by atoms with van der Waals surface area (Å²) in [6, 6.07) is 3.83. The van der Waals surface area contributed by atoms with E-state index in [1.54, 1.807) is 6.07 Å². The predicted octanol–water partition coefficient (Wildman–Crippen LogP) is 2.31. The van der Waals surface area contributed by atoms with Crippen molar-refractivity contribution < 1.29 is 23.8 Å². The molecule has 3 atom stereocenters. The quantitative estimate of drug-likeness (QED) is 0.705. The monoisotopic (exact) mass is 406 g/mol. The molecule has 0 spiro atoms. The largest absolute Gasteiger partial charge is 0.453 e. The number of carbonyl (C=O) groups is 1. The fourth-order valence-electron chi connectivity index (χ4n) is 4.47. The fraction of sp³-hybridized carbons (Fsp3) is 0.600. The zero-order valence-electron chi connectivity index (χ0n) is 16.4. The predicted molar refractivity (Wildman–Crippen MR) is 104 cm³/mol. The van der Waals surface area contributed by atoms with Crippen molar-refractivity contribution in [2.75, 3.05) is 26.9 Å². The molecule has 0 bridgehead atoms. The summed E-state index contributed by atoms with van der Waals surface area (Å²) in [6.45, 7) is 1.89. The molecule has 9 heteroatoms. The molecule has 2 fully saturated rings. The first-order chi connectivity index (χ1) is 14.1. The maximum absolute atomic E-state index is 13.5. The van der Waals surface area contributed by atoms with Gasteiger partial charge in [0.05, 0.1) is 30.2 Å². The zero-order chi connectivity index (χ0) is 20.4. The summed E-state index contributed by atoms with van der Waals surface area (Å²) >= 11 is 0. The first kappa shape index (κ1) is 20.1. The number of nitrogens with one attached hydrogen (secondary N) is 2. The second-order valence-corrected chi connectivity index (χ2v) is 7.70. The SMILES string of the molecule is COC(=O)NC(C1CCOCC1)C(O)N1CCCC1c1nc2ccc(F)cc2[nH]1. The van der Waals surface area contributed by atoms with E-state index in [-0.39, 0.29) is 17.8 Å². The van der Waals surface area contributed by atoms with Gasteiger partial charge in [0.25, 0.3) is 0 Å². The zero-order valence-corrected chi connectivity index (χ0v) is 16.4. The number of likely N-dealkylation sites (tertiary alicyclic amines) is 1. The van der Waals surface area contributed by atoms with Crippen LogP contribution < -0.4 is 5.32 Å². The van der Waals surface area contributed by atoms with Crippen molar-refractivity contribution in [1.29, 1.82) is 0 Å². The number of aliphatic hydroxyl groups is 1. The van der Waals surface area contributed by atoms with Crippen LogP contribution in [0.1, 0.15) is 37.5 Å². The van der Waals surface area contributed by atoms with E-state index in [4.69, 9.17) is 9.47 Å². The Bertz CT molecular complexity index is 854. The van der Waals surface area contributed by atoms with Gasteiger partial charge in [0.1, 0.15) is 17.9 Å². The summed E-state index contributed by atoms with van der Waals surface area (Å²) in [5, 5.41) is 14.1. The molecule has 0 aliphatic carbocycles. The minimum Gasteiger partial charge on any atom is -0.453 e. The Labute approximate surface area is 168 Å². The van der Waals surface area contributed by atoms with Crippen LogP contribution in [0.25, 0.3) is 11.0 Å². The third kappa shape index (κ3) is 4.22. The number of H-pyrrole nitrogens is 1. The number of aliphatic hydroxyl groups excluding tert-OH is 1. The Morgan fingerprint density at radius 2 is 2.21 bits per heavy atom. The molecule has 3 heterocycles. The van der Waals surface area contributed by atoms with E-state index in [2.05, 4.69) is 15.3 Å². The van der Waals surface area contributed by atoms with Crippen molar-refractivity contribution in [2.24, 2.45) is 5.92 Å². The molecule has 158 valence electrons. The van der Waals surface area contributed by atoms with Crippen molar-refractivity contribution in [3.8, 4) is 0 Å². The maximum atomic E-state index is 13.5. The normalized spacial score (nSPS) is 23.2. The van der Waals surface area contributed by atoms with Crippen LogP contribution >= 0.6 is 0 Å². The van der Waals surface area contributed by atoms with Crippen LogP contribution in [0.15, 0.2) is 18.2 Å². The lowest BCUT2D eigenvalue weighted by atomic mass is 9.90. The Hall–Kier alpha value is -2.23. The van der Waals surface area contributed by atoms with Crippen LogP contribution in [0.5, 0.6) is 0 Å². The molecule has 4 rings (SSSR count). The lowest BCUT2D eigenvalue weighted by molar-refractivity contribution is -0.0621. The van der Waals surface area contributed by atoms with Crippen molar-refractivity contribution >= 4 is 17.1 Å². The number of nitrogens with zero attached hydrogens (tertiary/aromatic N) is 2. The lowest BCUT2D eigenvalue weighted by Gasteiger charge is -2.39. The lowest BCUT2D eigenvalue weighted by Crippen LogP contribution is -2.56. The minimum atomic E-state index is -0.894. The standard InChI is InChI=1S/C20H27FN4O4/c1-28-20(27)24-17(12-6-9-29-10-7-12)19(26)25-8-2-3-16(25)18-22-14-5-4-13(21)11-15(14)23-18/h4-5,11-12,16-17,19,26H,2-3,6-10H2,1H3,(H,22,23)(H,24,27). The highest BCUT2D eigenvalue weighted by molar-refractivity contribution is 5.75. The van der Waals surface area contributed by atoms with Gasteiger partial charge >= 0.3 is 6.09 Å². The summed E-state index contributed by atoms with van der Waals surface area (Å²) in [6.07, 6.45) is 1.77. The van der Waals surface area contributed by atoms with Crippen LogP contribution in [0.2, 0.25) is 0 Å². The summed E-state index contributed by atoms with van der Waals surface area (Å²) in [5.41, 5.74) is 1.33. The molecular formula is C20H27FN4O4. The van der Waals surface area contributed by atoms with Gasteiger partial charge < -0.3 is 24.9 Å². The third-order valence-electron chi connectivity index (χ3n) is 5.98. The molecule has 0 radical (unpaired) electrons. The number of hydrogen-bond donors (Lipinski definition) is 3. The highest BCUT2D eigenvalue weighted by Crippen LogP contribution is 2.35. The number of methoxy groups -OCH3 is 1. The van der Waals surface area contributed by atoms with Crippen LogP contribution in [-0.4, -0.2) is 65.2 Å². The summed E-state index contributed by atoms with van der Waals surface area (Å²) < 4.78 is 23.8. The van der Waals surface area contributed by atoms with Gasteiger partial charge in [0.15, 0.2) is 0 Å². The molecule has 29 heavy (non-hydrogen) atoms. The Kier molecular flexibility index (Phi) is 5.98. The smallest absolute Gasteiger partial charge is 0.407 e. The Morgan fingerprint density at radius 1 is 1.41 bits per heavy atom. The molecule has 3 N–H and O–H groups in total. The molecule has 1 aromatic heterocycles. The fourth-order valence-corrected chi connectivity index (χ4v) is 4.47. The molecule has 2 aliphatic rings. The number of rotatable bonds is 5. The summed E-state index contributed by atoms with van der Waals surface area (Å²) in [5.74, 6) is 0.465. The molecule has 0 saturated carbocycles. The first-order valence-corrected chi connectivity index (χ1v) is 10.1. The number of aromatic amines is 1. The van der Waals surface area contributed by atoms with E-state index in [1.165, 1.54) is 19.2 Å². The molecule has 1 amide bonds.